The minimum Gasteiger partial charge on any atom is -0.394 e. The summed E-state index contributed by atoms with van der Waals surface area (Å²) in [6.07, 6.45) is 4.76. The molecule has 2 N–H and O–H groups in total. The highest BCUT2D eigenvalue weighted by atomic mass is 16.3. The zero-order valence-corrected chi connectivity index (χ0v) is 16.4. The van der Waals surface area contributed by atoms with Crippen LogP contribution in [0.3, 0.4) is 0 Å². The van der Waals surface area contributed by atoms with Gasteiger partial charge >= 0.3 is 0 Å². The van der Waals surface area contributed by atoms with Crippen LogP contribution in [0.15, 0.2) is 0 Å². The number of carbonyl (C=O) groups excluding carboxylic acids is 1. The number of hydrogen-bond donors (Lipinski definition) is 2. The first kappa shape index (κ1) is 19.0. The van der Waals surface area contributed by atoms with Crippen LogP contribution in [0.2, 0.25) is 0 Å². The summed E-state index contributed by atoms with van der Waals surface area (Å²) in [6.45, 7) is 5.75. The molecule has 1 saturated heterocycles. The molecule has 1 aliphatic carbocycles. The zero-order chi connectivity index (χ0) is 18.9. The van der Waals surface area contributed by atoms with Crippen LogP contribution >= 0.6 is 0 Å². The topological polar surface area (TPSA) is 81.6 Å². The molecule has 3 rings (SSSR count). The fourth-order valence-corrected chi connectivity index (χ4v) is 4.05. The third-order valence-electron chi connectivity index (χ3n) is 6.00. The smallest absolute Gasteiger partial charge is 0.289 e. The van der Waals surface area contributed by atoms with E-state index >= 15 is 0 Å². The van der Waals surface area contributed by atoms with Crippen molar-refractivity contribution in [3.63, 3.8) is 0 Å². The molecule has 7 heteroatoms. The summed E-state index contributed by atoms with van der Waals surface area (Å²) >= 11 is 0. The number of nitrogens with one attached hydrogen (secondary N) is 1. The van der Waals surface area contributed by atoms with Gasteiger partial charge in [-0.25, -0.2) is 9.97 Å². The molecule has 0 radical (unpaired) electrons. The van der Waals surface area contributed by atoms with Gasteiger partial charge in [0.2, 0.25) is 5.82 Å². The predicted molar refractivity (Wildman–Crippen MR) is 102 cm³/mol. The van der Waals surface area contributed by atoms with Gasteiger partial charge < -0.3 is 20.2 Å². The standard InChI is InChI=1S/C19H31N5O2/c1-13-14(2)20-16(18(26)22-19(12-25)8-5-6-9-19)21-17(13)24-10-7-15(11-24)23(3)4/h15,25H,5-12H2,1-4H3,(H,22,26)/t15-/m1/s1. The normalized spacial score (nSPS) is 22.2. The number of aliphatic hydroxyl groups excluding tert-OH is 1. The quantitative estimate of drug-likeness (QED) is 0.822. The van der Waals surface area contributed by atoms with E-state index in [9.17, 15) is 9.90 Å². The molecule has 1 amide bonds. The number of aryl methyl sites for hydroxylation is 1. The fourth-order valence-electron chi connectivity index (χ4n) is 4.05. The summed E-state index contributed by atoms with van der Waals surface area (Å²) < 4.78 is 0. The van der Waals surface area contributed by atoms with Gasteiger partial charge in [-0.2, -0.15) is 0 Å². The van der Waals surface area contributed by atoms with Crippen LogP contribution in [-0.2, 0) is 0 Å². The fraction of sp³-hybridized carbons (Fsp3) is 0.737. The van der Waals surface area contributed by atoms with E-state index in [4.69, 9.17) is 0 Å². The van der Waals surface area contributed by atoms with E-state index in [2.05, 4.69) is 39.2 Å². The molecule has 1 aromatic heterocycles. The molecule has 2 fully saturated rings. The lowest BCUT2D eigenvalue weighted by atomic mass is 9.99. The third kappa shape index (κ3) is 3.69. The van der Waals surface area contributed by atoms with Crippen molar-refractivity contribution in [3.8, 4) is 0 Å². The summed E-state index contributed by atoms with van der Waals surface area (Å²) in [5.41, 5.74) is 1.35. The summed E-state index contributed by atoms with van der Waals surface area (Å²) in [4.78, 5) is 26.3. The number of aliphatic hydroxyl groups is 1. The molecular formula is C19H31N5O2. The first-order valence-corrected chi connectivity index (χ1v) is 9.55. The predicted octanol–water partition coefficient (Wildman–Crippen LogP) is 1.27. The number of anilines is 1. The molecule has 0 spiro atoms. The first-order valence-electron chi connectivity index (χ1n) is 9.55. The monoisotopic (exact) mass is 361 g/mol. The van der Waals surface area contributed by atoms with Crippen molar-refractivity contribution in [1.82, 2.24) is 20.2 Å². The number of amides is 1. The Morgan fingerprint density at radius 2 is 2.00 bits per heavy atom. The summed E-state index contributed by atoms with van der Waals surface area (Å²) in [7, 11) is 4.20. The van der Waals surface area contributed by atoms with Crippen molar-refractivity contribution in [2.75, 3.05) is 38.7 Å². The minimum atomic E-state index is -0.511. The highest BCUT2D eigenvalue weighted by molar-refractivity contribution is 5.91. The molecule has 1 aromatic rings. The summed E-state index contributed by atoms with van der Waals surface area (Å²) in [5, 5.41) is 12.8. The molecule has 26 heavy (non-hydrogen) atoms. The molecule has 0 aromatic carbocycles. The van der Waals surface area contributed by atoms with Crippen molar-refractivity contribution < 1.29 is 9.90 Å². The minimum absolute atomic E-state index is 0.0346. The van der Waals surface area contributed by atoms with E-state index in [1.54, 1.807) is 0 Å². The zero-order valence-electron chi connectivity index (χ0n) is 16.4. The Kier molecular flexibility index (Phi) is 5.48. The molecule has 144 valence electrons. The van der Waals surface area contributed by atoms with Crippen molar-refractivity contribution >= 4 is 11.7 Å². The number of nitrogens with zero attached hydrogens (tertiary/aromatic N) is 4. The average Bonchev–Trinajstić information content (AvgIpc) is 3.27. The van der Waals surface area contributed by atoms with Gasteiger partial charge in [-0.1, -0.05) is 12.8 Å². The van der Waals surface area contributed by atoms with Crippen LogP contribution in [0, 0.1) is 13.8 Å². The molecule has 1 aliphatic heterocycles. The Bertz CT molecular complexity index is 670. The Hall–Kier alpha value is -1.73. The van der Waals surface area contributed by atoms with Crippen LogP contribution in [0.4, 0.5) is 5.82 Å². The maximum atomic E-state index is 12.8. The van der Waals surface area contributed by atoms with E-state index in [0.717, 1.165) is 62.3 Å². The summed E-state index contributed by atoms with van der Waals surface area (Å²) in [6, 6.07) is 0.498. The van der Waals surface area contributed by atoms with E-state index in [1.165, 1.54) is 0 Å². The van der Waals surface area contributed by atoms with Gasteiger partial charge in [0, 0.05) is 30.4 Å². The number of aromatic nitrogens is 2. The Morgan fingerprint density at radius 1 is 1.31 bits per heavy atom. The Balaban J connectivity index is 1.83. The highest BCUT2D eigenvalue weighted by Gasteiger charge is 2.36. The van der Waals surface area contributed by atoms with Crippen LogP contribution < -0.4 is 10.2 Å². The average molecular weight is 361 g/mol. The number of rotatable bonds is 5. The van der Waals surface area contributed by atoms with Gasteiger partial charge in [-0.05, 0) is 47.2 Å². The van der Waals surface area contributed by atoms with Crippen LogP contribution in [-0.4, -0.2) is 71.3 Å². The highest BCUT2D eigenvalue weighted by Crippen LogP contribution is 2.30. The number of hydrogen-bond acceptors (Lipinski definition) is 6. The van der Waals surface area contributed by atoms with E-state index in [1.807, 2.05) is 13.8 Å². The summed E-state index contributed by atoms with van der Waals surface area (Å²) in [5.74, 6) is 0.779. The molecule has 0 unspecified atom stereocenters. The largest absolute Gasteiger partial charge is 0.394 e. The van der Waals surface area contributed by atoms with E-state index < -0.39 is 5.54 Å². The van der Waals surface area contributed by atoms with Gasteiger partial charge in [-0.15, -0.1) is 0 Å². The molecule has 7 nitrogen and oxygen atoms in total. The van der Waals surface area contributed by atoms with Crippen molar-refractivity contribution in [2.45, 2.75) is 57.5 Å². The molecule has 0 bridgehead atoms. The Morgan fingerprint density at radius 3 is 2.58 bits per heavy atom. The van der Waals surface area contributed by atoms with Crippen LogP contribution in [0.5, 0.6) is 0 Å². The second-order valence-corrected chi connectivity index (χ2v) is 8.03. The van der Waals surface area contributed by atoms with E-state index in [0.29, 0.717) is 6.04 Å². The number of likely N-dealkylation sites (N-methyl/N-ethyl adjacent to an activating group) is 1. The maximum absolute atomic E-state index is 12.8. The van der Waals surface area contributed by atoms with Crippen molar-refractivity contribution in [2.24, 2.45) is 0 Å². The first-order chi connectivity index (χ1) is 12.3. The number of carbonyl (C=O) groups is 1. The maximum Gasteiger partial charge on any atom is 0.289 e. The van der Waals surface area contributed by atoms with Gasteiger partial charge in [-0.3, -0.25) is 4.79 Å². The Labute approximate surface area is 155 Å². The molecular weight excluding hydrogens is 330 g/mol. The van der Waals surface area contributed by atoms with Crippen LogP contribution in [0.1, 0.15) is 54.0 Å². The lowest BCUT2D eigenvalue weighted by Gasteiger charge is -2.28. The van der Waals surface area contributed by atoms with Crippen molar-refractivity contribution in [1.29, 1.82) is 0 Å². The van der Waals surface area contributed by atoms with Gasteiger partial charge in [0.15, 0.2) is 0 Å². The van der Waals surface area contributed by atoms with E-state index in [-0.39, 0.29) is 18.3 Å². The molecule has 1 atom stereocenters. The molecule has 1 saturated carbocycles. The van der Waals surface area contributed by atoms with Gasteiger partial charge in [0.25, 0.3) is 5.91 Å². The lowest BCUT2D eigenvalue weighted by Crippen LogP contribution is -2.49. The van der Waals surface area contributed by atoms with Crippen molar-refractivity contribution in [3.05, 3.63) is 17.1 Å². The third-order valence-corrected chi connectivity index (χ3v) is 6.00. The van der Waals surface area contributed by atoms with Crippen LogP contribution in [0.25, 0.3) is 0 Å². The van der Waals surface area contributed by atoms with Gasteiger partial charge in [0.1, 0.15) is 5.82 Å². The van der Waals surface area contributed by atoms with Gasteiger partial charge in [0.05, 0.1) is 12.1 Å². The molecule has 2 heterocycles. The lowest BCUT2D eigenvalue weighted by molar-refractivity contribution is 0.0827. The second-order valence-electron chi connectivity index (χ2n) is 8.03. The molecule has 2 aliphatic rings. The second kappa shape index (κ2) is 7.48. The SMILES string of the molecule is Cc1nc(C(=O)NC2(CO)CCCC2)nc(N2CC[C@@H](N(C)C)C2)c1C.